The van der Waals surface area contributed by atoms with Crippen LogP contribution >= 0.6 is 0 Å². The van der Waals surface area contributed by atoms with Gasteiger partial charge in [-0.1, -0.05) is 0 Å². The number of ether oxygens (including phenoxy) is 2. The third-order valence-electron chi connectivity index (χ3n) is 4.26. The standard InChI is InChI=1S/C13H22N2O5/c1-19-7-9(20-2)6-14-13(18)15-8-3-4-11(15)10(5-8)12(16)17/h8-11H,3-7H2,1-2H3,(H,14,18)(H,16,17). The van der Waals surface area contributed by atoms with Crippen molar-refractivity contribution in [1.29, 1.82) is 0 Å². The summed E-state index contributed by atoms with van der Waals surface area (Å²) in [6, 6.07) is -0.301. The number of nitrogens with zero attached hydrogens (tertiary/aromatic N) is 1. The number of fused-ring (bicyclic) bond motifs is 2. The van der Waals surface area contributed by atoms with Crippen LogP contribution in [0.5, 0.6) is 0 Å². The van der Waals surface area contributed by atoms with Crippen LogP contribution in [0.3, 0.4) is 0 Å². The van der Waals surface area contributed by atoms with Crippen LogP contribution in [0.1, 0.15) is 19.3 Å². The van der Waals surface area contributed by atoms with Crippen molar-refractivity contribution < 1.29 is 24.2 Å². The highest BCUT2D eigenvalue weighted by Gasteiger charge is 2.51. The number of carboxylic acids is 1. The Hall–Kier alpha value is -1.34. The molecule has 4 unspecified atom stereocenters. The summed E-state index contributed by atoms with van der Waals surface area (Å²) in [7, 11) is 3.14. The Bertz CT molecular complexity index is 376. The molecule has 2 aliphatic rings. The fraction of sp³-hybridized carbons (Fsp3) is 0.846. The summed E-state index contributed by atoms with van der Waals surface area (Å²) in [5.41, 5.74) is 0. The molecule has 0 aromatic heterocycles. The molecule has 4 atom stereocenters. The van der Waals surface area contributed by atoms with Crippen LogP contribution in [0.25, 0.3) is 0 Å². The highest BCUT2D eigenvalue weighted by Crippen LogP contribution is 2.41. The number of methoxy groups -OCH3 is 2. The second-order valence-corrected chi connectivity index (χ2v) is 5.39. The van der Waals surface area contributed by atoms with Crippen molar-refractivity contribution in [3.05, 3.63) is 0 Å². The molecule has 114 valence electrons. The molecule has 2 heterocycles. The van der Waals surface area contributed by atoms with Gasteiger partial charge in [-0.2, -0.15) is 0 Å². The minimum absolute atomic E-state index is 0.0597. The maximum absolute atomic E-state index is 12.2. The van der Waals surface area contributed by atoms with Gasteiger partial charge in [0.2, 0.25) is 0 Å². The Labute approximate surface area is 118 Å². The van der Waals surface area contributed by atoms with Gasteiger partial charge in [0.05, 0.1) is 18.6 Å². The molecule has 2 amide bonds. The van der Waals surface area contributed by atoms with Crippen molar-refractivity contribution in [3.8, 4) is 0 Å². The van der Waals surface area contributed by atoms with Crippen LogP contribution in [-0.4, -0.2) is 67.6 Å². The largest absolute Gasteiger partial charge is 0.481 e. The fourth-order valence-electron chi connectivity index (χ4n) is 3.26. The van der Waals surface area contributed by atoms with Crippen molar-refractivity contribution in [1.82, 2.24) is 10.2 Å². The topological polar surface area (TPSA) is 88.1 Å². The van der Waals surface area contributed by atoms with E-state index in [4.69, 9.17) is 14.6 Å². The summed E-state index contributed by atoms with van der Waals surface area (Å²) in [6.07, 6.45) is 2.05. The van der Waals surface area contributed by atoms with Gasteiger partial charge in [0.15, 0.2) is 0 Å². The van der Waals surface area contributed by atoms with Gasteiger partial charge in [-0.25, -0.2) is 4.79 Å². The SMILES string of the molecule is COCC(CNC(=O)N1C2CCC1C(C(=O)O)C2)OC. The highest BCUT2D eigenvalue weighted by atomic mass is 16.5. The maximum Gasteiger partial charge on any atom is 0.318 e. The molecule has 2 rings (SSSR count). The quantitative estimate of drug-likeness (QED) is 0.733. The van der Waals surface area contributed by atoms with Crippen molar-refractivity contribution in [2.45, 2.75) is 37.5 Å². The molecule has 2 aliphatic heterocycles. The van der Waals surface area contributed by atoms with Crippen molar-refractivity contribution in [3.63, 3.8) is 0 Å². The smallest absolute Gasteiger partial charge is 0.318 e. The van der Waals surface area contributed by atoms with Crippen molar-refractivity contribution >= 4 is 12.0 Å². The van der Waals surface area contributed by atoms with E-state index in [0.29, 0.717) is 19.6 Å². The van der Waals surface area contributed by atoms with E-state index in [-0.39, 0.29) is 24.2 Å². The molecule has 0 aliphatic carbocycles. The van der Waals surface area contributed by atoms with E-state index in [0.717, 1.165) is 12.8 Å². The molecule has 2 fully saturated rings. The second kappa shape index (κ2) is 6.41. The molecule has 0 radical (unpaired) electrons. The minimum atomic E-state index is -0.802. The second-order valence-electron chi connectivity index (χ2n) is 5.39. The molecule has 2 N–H and O–H groups in total. The molecule has 0 saturated carbocycles. The molecule has 7 nitrogen and oxygen atoms in total. The van der Waals surface area contributed by atoms with Crippen LogP contribution < -0.4 is 5.32 Å². The van der Waals surface area contributed by atoms with E-state index >= 15 is 0 Å². The number of amides is 2. The Balaban J connectivity index is 1.89. The number of aliphatic carboxylic acids is 1. The van der Waals surface area contributed by atoms with E-state index < -0.39 is 11.9 Å². The number of urea groups is 1. The zero-order chi connectivity index (χ0) is 14.7. The third-order valence-corrected chi connectivity index (χ3v) is 4.26. The Morgan fingerprint density at radius 3 is 2.70 bits per heavy atom. The van der Waals surface area contributed by atoms with E-state index in [9.17, 15) is 9.59 Å². The molecular weight excluding hydrogens is 264 g/mol. The summed E-state index contributed by atoms with van der Waals surface area (Å²) in [5, 5.41) is 12.0. The van der Waals surface area contributed by atoms with Gasteiger partial charge in [0, 0.05) is 32.8 Å². The van der Waals surface area contributed by atoms with Gasteiger partial charge in [0.1, 0.15) is 0 Å². The Morgan fingerprint density at radius 1 is 1.40 bits per heavy atom. The molecule has 20 heavy (non-hydrogen) atoms. The van der Waals surface area contributed by atoms with E-state index in [1.165, 1.54) is 0 Å². The van der Waals surface area contributed by atoms with Gasteiger partial charge in [-0.3, -0.25) is 4.79 Å². The maximum atomic E-state index is 12.2. The molecule has 7 heteroatoms. The first-order valence-corrected chi connectivity index (χ1v) is 6.89. The van der Waals surface area contributed by atoms with Gasteiger partial charge >= 0.3 is 12.0 Å². The lowest BCUT2D eigenvalue weighted by atomic mass is 9.89. The zero-order valence-corrected chi connectivity index (χ0v) is 11.9. The number of nitrogens with one attached hydrogen (secondary N) is 1. The van der Waals surface area contributed by atoms with E-state index in [1.54, 1.807) is 19.1 Å². The summed E-state index contributed by atoms with van der Waals surface area (Å²) < 4.78 is 10.2. The highest BCUT2D eigenvalue weighted by molar-refractivity contribution is 5.79. The molecular formula is C13H22N2O5. The lowest BCUT2D eigenvalue weighted by Gasteiger charge is -2.24. The van der Waals surface area contributed by atoms with Gasteiger partial charge < -0.3 is 24.8 Å². The number of carbonyl (C=O) groups is 2. The summed E-state index contributed by atoms with van der Waals surface area (Å²) in [5.74, 6) is -1.22. The predicted octanol–water partition coefficient (Wildman–Crippen LogP) is 0.295. The van der Waals surface area contributed by atoms with Crippen LogP contribution in [-0.2, 0) is 14.3 Å². The number of hydrogen-bond acceptors (Lipinski definition) is 4. The first-order chi connectivity index (χ1) is 9.58. The summed E-state index contributed by atoms with van der Waals surface area (Å²) in [4.78, 5) is 25.1. The fourth-order valence-corrected chi connectivity index (χ4v) is 3.26. The Kier molecular flexibility index (Phi) is 4.82. The van der Waals surface area contributed by atoms with Crippen molar-refractivity contribution in [2.75, 3.05) is 27.4 Å². The predicted molar refractivity (Wildman–Crippen MR) is 70.5 cm³/mol. The van der Waals surface area contributed by atoms with Gasteiger partial charge in [-0.05, 0) is 19.3 Å². The first kappa shape index (κ1) is 15.1. The van der Waals surface area contributed by atoms with Crippen LogP contribution in [0.4, 0.5) is 4.79 Å². The number of carbonyl (C=O) groups excluding carboxylic acids is 1. The minimum Gasteiger partial charge on any atom is -0.481 e. The molecule has 2 bridgehead atoms. The normalized spacial score (nSPS) is 29.5. The number of hydrogen-bond donors (Lipinski definition) is 2. The number of rotatable bonds is 6. The van der Waals surface area contributed by atoms with Gasteiger partial charge in [-0.15, -0.1) is 0 Å². The van der Waals surface area contributed by atoms with E-state index in [1.807, 2.05) is 0 Å². The average Bonchev–Trinajstić information content (AvgIpc) is 3.00. The van der Waals surface area contributed by atoms with Crippen LogP contribution in [0.15, 0.2) is 0 Å². The molecule has 0 aromatic carbocycles. The number of carboxylic acid groups (broad SMARTS) is 1. The van der Waals surface area contributed by atoms with Crippen LogP contribution in [0.2, 0.25) is 0 Å². The van der Waals surface area contributed by atoms with Gasteiger partial charge in [0.25, 0.3) is 0 Å². The third kappa shape index (κ3) is 2.88. The summed E-state index contributed by atoms with van der Waals surface area (Å²) in [6.45, 7) is 0.762. The van der Waals surface area contributed by atoms with E-state index in [2.05, 4.69) is 5.32 Å². The molecule has 0 aromatic rings. The first-order valence-electron chi connectivity index (χ1n) is 6.89. The van der Waals surface area contributed by atoms with Crippen LogP contribution in [0, 0.1) is 5.92 Å². The average molecular weight is 286 g/mol. The molecule has 0 spiro atoms. The molecule has 2 saturated heterocycles. The monoisotopic (exact) mass is 286 g/mol. The zero-order valence-electron chi connectivity index (χ0n) is 11.9. The Morgan fingerprint density at radius 2 is 2.15 bits per heavy atom. The van der Waals surface area contributed by atoms with Crippen molar-refractivity contribution in [2.24, 2.45) is 5.92 Å². The lowest BCUT2D eigenvalue weighted by Crippen LogP contribution is -2.47. The lowest BCUT2D eigenvalue weighted by molar-refractivity contribution is -0.142. The summed E-state index contributed by atoms with van der Waals surface area (Å²) >= 11 is 0.